The van der Waals surface area contributed by atoms with E-state index >= 15 is 0 Å². The van der Waals surface area contributed by atoms with E-state index in [-0.39, 0.29) is 0 Å². The van der Waals surface area contributed by atoms with Gasteiger partial charge in [-0.2, -0.15) is 0 Å². The Kier molecular flexibility index (Phi) is 6.05. The molecule has 1 amide bonds. The number of hydrogen-bond acceptors (Lipinski definition) is 3. The molecule has 0 spiro atoms. The highest BCUT2D eigenvalue weighted by molar-refractivity contribution is 5.84. The molecule has 1 aliphatic rings. The first-order chi connectivity index (χ1) is 10.8. The van der Waals surface area contributed by atoms with Gasteiger partial charge in [-0.1, -0.05) is 25.0 Å². The smallest absolute Gasteiger partial charge is 0.412 e. The van der Waals surface area contributed by atoms with Crippen LogP contribution in [0.3, 0.4) is 0 Å². The van der Waals surface area contributed by atoms with E-state index in [4.69, 9.17) is 4.74 Å². The van der Waals surface area contributed by atoms with Crippen LogP contribution in [0.2, 0.25) is 0 Å². The molecule has 0 radical (unpaired) electrons. The molecule has 2 rings (SSSR count). The molecule has 1 aliphatic carbocycles. The third kappa shape index (κ3) is 7.51. The summed E-state index contributed by atoms with van der Waals surface area (Å²) < 4.78 is 5.24. The molecule has 1 aromatic carbocycles. The molecule has 0 saturated heterocycles. The number of amides is 1. The third-order valence-electron chi connectivity index (χ3n) is 3.89. The predicted molar refractivity (Wildman–Crippen MR) is 94.8 cm³/mol. The summed E-state index contributed by atoms with van der Waals surface area (Å²) >= 11 is 0. The molecule has 23 heavy (non-hydrogen) atoms. The van der Waals surface area contributed by atoms with Crippen molar-refractivity contribution in [3.63, 3.8) is 0 Å². The maximum absolute atomic E-state index is 11.7. The van der Waals surface area contributed by atoms with Crippen LogP contribution in [-0.4, -0.2) is 24.3 Å². The van der Waals surface area contributed by atoms with Gasteiger partial charge in [0, 0.05) is 11.7 Å². The van der Waals surface area contributed by atoms with Crippen LogP contribution in [0.25, 0.3) is 0 Å². The van der Waals surface area contributed by atoms with Crippen LogP contribution in [0.5, 0.6) is 0 Å². The van der Waals surface area contributed by atoms with Gasteiger partial charge in [-0.15, -0.1) is 0 Å². The zero-order valence-corrected chi connectivity index (χ0v) is 14.8. The first-order valence-electron chi connectivity index (χ1n) is 8.64. The number of ether oxygens (including phenoxy) is 1. The Bertz CT molecular complexity index is 501. The third-order valence-corrected chi connectivity index (χ3v) is 3.89. The summed E-state index contributed by atoms with van der Waals surface area (Å²) in [6.07, 6.45) is 4.72. The second-order valence-corrected chi connectivity index (χ2v) is 7.61. The zero-order chi connectivity index (χ0) is 16.9. The highest BCUT2D eigenvalue weighted by Crippen LogP contribution is 2.33. The van der Waals surface area contributed by atoms with Crippen LogP contribution in [0.1, 0.15) is 52.5 Å². The van der Waals surface area contributed by atoms with Gasteiger partial charge in [0.2, 0.25) is 0 Å². The van der Waals surface area contributed by atoms with Gasteiger partial charge >= 0.3 is 6.09 Å². The normalized spacial score (nSPS) is 16.0. The fourth-order valence-corrected chi connectivity index (χ4v) is 2.58. The van der Waals surface area contributed by atoms with Gasteiger partial charge in [-0.3, -0.25) is 5.32 Å². The van der Waals surface area contributed by atoms with E-state index in [1.807, 2.05) is 32.9 Å². The molecular formula is C19H30N2O2. The molecule has 0 aromatic heterocycles. The topological polar surface area (TPSA) is 50.4 Å². The minimum atomic E-state index is -0.479. The van der Waals surface area contributed by atoms with Crippen molar-refractivity contribution in [2.75, 3.05) is 11.9 Å². The average Bonchev–Trinajstić information content (AvgIpc) is 3.22. The van der Waals surface area contributed by atoms with Crippen molar-refractivity contribution < 1.29 is 9.53 Å². The van der Waals surface area contributed by atoms with E-state index < -0.39 is 11.7 Å². The minimum Gasteiger partial charge on any atom is -0.444 e. The van der Waals surface area contributed by atoms with Crippen molar-refractivity contribution >= 4 is 11.8 Å². The minimum absolute atomic E-state index is 0.416. The Balaban J connectivity index is 1.70. The summed E-state index contributed by atoms with van der Waals surface area (Å²) in [6, 6.07) is 8.57. The lowest BCUT2D eigenvalue weighted by molar-refractivity contribution is 0.0636. The zero-order valence-electron chi connectivity index (χ0n) is 14.8. The van der Waals surface area contributed by atoms with E-state index in [1.54, 1.807) is 0 Å². The lowest BCUT2D eigenvalue weighted by Gasteiger charge is -2.19. The van der Waals surface area contributed by atoms with Crippen LogP contribution in [0.15, 0.2) is 24.3 Å². The van der Waals surface area contributed by atoms with Gasteiger partial charge in [0.25, 0.3) is 0 Å². The Labute approximate surface area is 140 Å². The molecule has 2 N–H and O–H groups in total. The Morgan fingerprint density at radius 2 is 1.91 bits per heavy atom. The van der Waals surface area contributed by atoms with Crippen LogP contribution < -0.4 is 10.6 Å². The van der Waals surface area contributed by atoms with Gasteiger partial charge in [-0.05, 0) is 70.7 Å². The number of anilines is 1. The summed E-state index contributed by atoms with van der Waals surface area (Å²) in [5.41, 5.74) is 1.55. The molecule has 0 heterocycles. The molecule has 1 unspecified atom stereocenters. The predicted octanol–water partition coefficient (Wildman–Crippen LogP) is 4.35. The quantitative estimate of drug-likeness (QED) is 0.785. The number of nitrogens with one attached hydrogen (secondary N) is 2. The average molecular weight is 318 g/mol. The van der Waals surface area contributed by atoms with Crippen molar-refractivity contribution in [1.29, 1.82) is 0 Å². The summed E-state index contributed by atoms with van der Waals surface area (Å²) in [6.45, 7) is 8.82. The Morgan fingerprint density at radius 3 is 2.48 bits per heavy atom. The molecular weight excluding hydrogens is 288 g/mol. The summed E-state index contributed by atoms with van der Waals surface area (Å²) in [7, 11) is 0. The van der Waals surface area contributed by atoms with Crippen LogP contribution in [0.4, 0.5) is 10.5 Å². The van der Waals surface area contributed by atoms with E-state index in [0.29, 0.717) is 6.04 Å². The van der Waals surface area contributed by atoms with Gasteiger partial charge in [0.05, 0.1) is 0 Å². The Morgan fingerprint density at radius 1 is 1.26 bits per heavy atom. The fourth-order valence-electron chi connectivity index (χ4n) is 2.58. The maximum atomic E-state index is 11.7. The summed E-state index contributed by atoms with van der Waals surface area (Å²) in [4.78, 5) is 11.7. The number of benzene rings is 1. The largest absolute Gasteiger partial charge is 0.444 e. The summed E-state index contributed by atoms with van der Waals surface area (Å²) in [5, 5.41) is 6.34. The van der Waals surface area contributed by atoms with Crippen LogP contribution in [-0.2, 0) is 11.2 Å². The second kappa shape index (κ2) is 7.82. The van der Waals surface area contributed by atoms with Crippen molar-refractivity contribution in [2.24, 2.45) is 5.92 Å². The maximum Gasteiger partial charge on any atom is 0.412 e. The van der Waals surface area contributed by atoms with Crippen molar-refractivity contribution in [3.05, 3.63) is 29.8 Å². The molecule has 1 atom stereocenters. The van der Waals surface area contributed by atoms with Gasteiger partial charge in [0.15, 0.2) is 0 Å². The van der Waals surface area contributed by atoms with Crippen LogP contribution in [0, 0.1) is 5.92 Å². The molecule has 4 nitrogen and oxygen atoms in total. The van der Waals surface area contributed by atoms with E-state index in [2.05, 4.69) is 29.7 Å². The monoisotopic (exact) mass is 318 g/mol. The molecule has 128 valence electrons. The highest BCUT2D eigenvalue weighted by atomic mass is 16.6. The first kappa shape index (κ1) is 17.8. The molecule has 1 fully saturated rings. The van der Waals surface area contributed by atoms with Crippen LogP contribution >= 0.6 is 0 Å². The number of carbonyl (C=O) groups excluding carboxylic acids is 1. The van der Waals surface area contributed by atoms with Gasteiger partial charge in [0.1, 0.15) is 5.60 Å². The van der Waals surface area contributed by atoms with E-state index in [9.17, 15) is 4.79 Å². The number of rotatable bonds is 7. The second-order valence-electron chi connectivity index (χ2n) is 7.61. The van der Waals surface area contributed by atoms with E-state index in [0.717, 1.165) is 24.6 Å². The van der Waals surface area contributed by atoms with Crippen molar-refractivity contribution in [2.45, 2.75) is 65.0 Å². The fraction of sp³-hybridized carbons (Fsp3) is 0.632. The SMILES string of the molecule is CC(CC1CC1)NCCc1ccc(NC(=O)OC(C)(C)C)cc1. The lowest BCUT2D eigenvalue weighted by Crippen LogP contribution is -2.28. The molecule has 1 aromatic rings. The number of carbonyl (C=O) groups is 1. The lowest BCUT2D eigenvalue weighted by atomic mass is 10.1. The van der Waals surface area contributed by atoms with Crippen molar-refractivity contribution in [1.82, 2.24) is 5.32 Å². The molecule has 0 bridgehead atoms. The van der Waals surface area contributed by atoms with Gasteiger partial charge < -0.3 is 10.1 Å². The summed E-state index contributed by atoms with van der Waals surface area (Å²) in [5.74, 6) is 0.968. The molecule has 0 aliphatic heterocycles. The highest BCUT2D eigenvalue weighted by Gasteiger charge is 2.23. The van der Waals surface area contributed by atoms with E-state index in [1.165, 1.54) is 24.8 Å². The molecule has 4 heteroatoms. The standard InChI is InChI=1S/C19H30N2O2/c1-14(13-16-5-6-16)20-12-11-15-7-9-17(10-8-15)21-18(22)23-19(2,3)4/h7-10,14,16,20H,5-6,11-13H2,1-4H3,(H,21,22). The van der Waals surface area contributed by atoms with Gasteiger partial charge in [-0.25, -0.2) is 4.79 Å². The Hall–Kier alpha value is -1.55. The molecule has 1 saturated carbocycles. The first-order valence-corrected chi connectivity index (χ1v) is 8.64. The van der Waals surface area contributed by atoms with Crippen molar-refractivity contribution in [3.8, 4) is 0 Å². The number of hydrogen-bond donors (Lipinski definition) is 2.